The molecule has 1 aromatic rings. The lowest BCUT2D eigenvalue weighted by atomic mass is 10.2. The molecular formula is C10H9F3N2O. The molecule has 0 aliphatic carbocycles. The van der Waals surface area contributed by atoms with Crippen LogP contribution in [0.1, 0.15) is 12.5 Å². The largest absolute Gasteiger partial charge is 0.306 e. The van der Waals surface area contributed by atoms with Gasteiger partial charge in [0, 0.05) is 6.92 Å². The van der Waals surface area contributed by atoms with Gasteiger partial charge in [0.15, 0.2) is 23.2 Å². The Morgan fingerprint density at radius 1 is 1.38 bits per heavy atom. The molecule has 0 aliphatic heterocycles. The van der Waals surface area contributed by atoms with Crippen LogP contribution in [0.2, 0.25) is 0 Å². The number of hydrogen-bond acceptors (Lipinski definition) is 3. The van der Waals surface area contributed by atoms with Crippen LogP contribution in [0.3, 0.4) is 0 Å². The lowest BCUT2D eigenvalue weighted by Gasteiger charge is -2.02. The monoisotopic (exact) mass is 230 g/mol. The second-order valence-electron chi connectivity index (χ2n) is 3.08. The highest BCUT2D eigenvalue weighted by Gasteiger charge is 2.09. The molecule has 1 aromatic carbocycles. The molecule has 1 rings (SSSR count). The van der Waals surface area contributed by atoms with Crippen LogP contribution >= 0.6 is 0 Å². The third kappa shape index (κ3) is 3.38. The molecule has 0 aromatic heterocycles. The SMILES string of the molecule is CC(=O)/C=N\NCc1cc(F)c(F)c(F)c1. The highest BCUT2D eigenvalue weighted by atomic mass is 19.2. The van der Waals surface area contributed by atoms with E-state index in [1.807, 2.05) is 0 Å². The maximum atomic E-state index is 12.7. The third-order valence-corrected chi connectivity index (χ3v) is 1.66. The summed E-state index contributed by atoms with van der Waals surface area (Å²) < 4.78 is 38.0. The smallest absolute Gasteiger partial charge is 0.194 e. The number of hydrazone groups is 1. The number of carbonyl (C=O) groups is 1. The lowest BCUT2D eigenvalue weighted by molar-refractivity contribution is -0.110. The number of carbonyl (C=O) groups excluding carboxylic acids is 1. The Bertz CT molecular complexity index is 409. The van der Waals surface area contributed by atoms with Gasteiger partial charge in [0.05, 0.1) is 12.8 Å². The van der Waals surface area contributed by atoms with E-state index in [0.717, 1.165) is 18.3 Å². The highest BCUT2D eigenvalue weighted by molar-refractivity contribution is 6.26. The fourth-order valence-electron chi connectivity index (χ4n) is 0.984. The van der Waals surface area contributed by atoms with Crippen LogP contribution in [0.25, 0.3) is 0 Å². The van der Waals surface area contributed by atoms with Crippen molar-refractivity contribution in [2.45, 2.75) is 13.5 Å². The van der Waals surface area contributed by atoms with Crippen LogP contribution in [0.5, 0.6) is 0 Å². The van der Waals surface area contributed by atoms with E-state index < -0.39 is 17.5 Å². The van der Waals surface area contributed by atoms with Gasteiger partial charge in [0.1, 0.15) is 0 Å². The Kier molecular flexibility index (Phi) is 4.04. The highest BCUT2D eigenvalue weighted by Crippen LogP contribution is 2.13. The number of nitrogens with zero attached hydrogens (tertiary/aromatic N) is 1. The van der Waals surface area contributed by atoms with E-state index >= 15 is 0 Å². The zero-order valence-corrected chi connectivity index (χ0v) is 8.43. The molecule has 0 spiro atoms. The Morgan fingerprint density at radius 2 is 1.94 bits per heavy atom. The number of halogens is 3. The predicted octanol–water partition coefficient (Wildman–Crippen LogP) is 1.77. The number of ketones is 1. The number of nitrogens with one attached hydrogen (secondary N) is 1. The van der Waals surface area contributed by atoms with E-state index in [4.69, 9.17) is 0 Å². The van der Waals surface area contributed by atoms with Crippen molar-refractivity contribution in [1.29, 1.82) is 0 Å². The van der Waals surface area contributed by atoms with E-state index in [-0.39, 0.29) is 17.9 Å². The summed E-state index contributed by atoms with van der Waals surface area (Å²) in [6.07, 6.45) is 1.02. The first-order valence-electron chi connectivity index (χ1n) is 4.40. The summed E-state index contributed by atoms with van der Waals surface area (Å²) in [4.78, 5) is 10.4. The first kappa shape index (κ1) is 12.2. The Morgan fingerprint density at radius 3 is 2.44 bits per heavy atom. The second-order valence-corrected chi connectivity index (χ2v) is 3.08. The van der Waals surface area contributed by atoms with Gasteiger partial charge in [-0.05, 0) is 17.7 Å². The maximum Gasteiger partial charge on any atom is 0.194 e. The topological polar surface area (TPSA) is 41.5 Å². The molecule has 0 aliphatic rings. The quantitative estimate of drug-likeness (QED) is 0.486. The minimum Gasteiger partial charge on any atom is -0.306 e. The lowest BCUT2D eigenvalue weighted by Crippen LogP contribution is -2.08. The minimum absolute atomic E-state index is 0.00208. The molecule has 0 atom stereocenters. The first-order valence-corrected chi connectivity index (χ1v) is 4.40. The van der Waals surface area contributed by atoms with E-state index in [9.17, 15) is 18.0 Å². The van der Waals surface area contributed by atoms with Gasteiger partial charge in [-0.25, -0.2) is 13.2 Å². The van der Waals surface area contributed by atoms with Crippen molar-refractivity contribution >= 4 is 12.0 Å². The molecule has 0 unspecified atom stereocenters. The van der Waals surface area contributed by atoms with Crippen LogP contribution in [0.15, 0.2) is 17.2 Å². The van der Waals surface area contributed by atoms with Gasteiger partial charge in [-0.2, -0.15) is 5.10 Å². The van der Waals surface area contributed by atoms with Crippen molar-refractivity contribution in [2.75, 3.05) is 0 Å². The molecule has 0 amide bonds. The minimum atomic E-state index is -1.50. The zero-order valence-electron chi connectivity index (χ0n) is 8.43. The van der Waals surface area contributed by atoms with Crippen molar-refractivity contribution in [3.8, 4) is 0 Å². The molecule has 6 heteroatoms. The summed E-state index contributed by atoms with van der Waals surface area (Å²) >= 11 is 0. The number of Topliss-reactive ketones (excluding diaryl/α,β-unsaturated/α-hetero) is 1. The van der Waals surface area contributed by atoms with Crippen LogP contribution < -0.4 is 5.43 Å². The van der Waals surface area contributed by atoms with Crippen LogP contribution in [-0.2, 0) is 11.3 Å². The van der Waals surface area contributed by atoms with E-state index in [0.29, 0.717) is 0 Å². The summed E-state index contributed by atoms with van der Waals surface area (Å²) in [5.74, 6) is -4.28. The van der Waals surface area contributed by atoms with Crippen LogP contribution in [0.4, 0.5) is 13.2 Å². The van der Waals surface area contributed by atoms with Crippen molar-refractivity contribution in [2.24, 2.45) is 5.10 Å². The molecule has 3 nitrogen and oxygen atoms in total. The zero-order chi connectivity index (χ0) is 12.1. The molecule has 86 valence electrons. The van der Waals surface area contributed by atoms with Gasteiger partial charge in [-0.3, -0.25) is 4.79 Å². The summed E-state index contributed by atoms with van der Waals surface area (Å²) in [5.41, 5.74) is 2.59. The van der Waals surface area contributed by atoms with Crippen molar-refractivity contribution in [3.05, 3.63) is 35.1 Å². The molecule has 16 heavy (non-hydrogen) atoms. The molecule has 0 saturated carbocycles. The second kappa shape index (κ2) is 5.29. The average molecular weight is 230 g/mol. The van der Waals surface area contributed by atoms with E-state index in [1.165, 1.54) is 6.92 Å². The molecule has 0 saturated heterocycles. The Balaban J connectivity index is 2.65. The molecule has 0 heterocycles. The van der Waals surface area contributed by atoms with Gasteiger partial charge in [0.2, 0.25) is 0 Å². The summed E-state index contributed by atoms with van der Waals surface area (Å²) in [6.45, 7) is 1.31. The third-order valence-electron chi connectivity index (χ3n) is 1.66. The van der Waals surface area contributed by atoms with Crippen molar-refractivity contribution in [3.63, 3.8) is 0 Å². The van der Waals surface area contributed by atoms with Crippen LogP contribution in [-0.4, -0.2) is 12.0 Å². The van der Waals surface area contributed by atoms with Gasteiger partial charge >= 0.3 is 0 Å². The van der Waals surface area contributed by atoms with E-state index in [2.05, 4.69) is 10.5 Å². The number of benzene rings is 1. The first-order chi connectivity index (χ1) is 7.50. The average Bonchev–Trinajstić information content (AvgIpc) is 2.20. The molecular weight excluding hydrogens is 221 g/mol. The van der Waals surface area contributed by atoms with E-state index in [1.54, 1.807) is 0 Å². The number of rotatable bonds is 4. The summed E-state index contributed by atoms with van der Waals surface area (Å²) in [6, 6.07) is 1.71. The molecule has 0 bridgehead atoms. The summed E-state index contributed by atoms with van der Waals surface area (Å²) in [7, 11) is 0. The van der Waals surface area contributed by atoms with Crippen LogP contribution in [0, 0.1) is 17.5 Å². The maximum absolute atomic E-state index is 12.7. The number of hydrogen-bond donors (Lipinski definition) is 1. The molecule has 0 radical (unpaired) electrons. The summed E-state index contributed by atoms with van der Waals surface area (Å²) in [5, 5.41) is 3.48. The molecule has 1 N–H and O–H groups in total. The fraction of sp³-hybridized carbons (Fsp3) is 0.200. The predicted molar refractivity (Wildman–Crippen MR) is 52.3 cm³/mol. The van der Waals surface area contributed by atoms with Gasteiger partial charge in [-0.1, -0.05) is 0 Å². The normalized spacial score (nSPS) is 10.8. The van der Waals surface area contributed by atoms with Gasteiger partial charge < -0.3 is 5.43 Å². The van der Waals surface area contributed by atoms with Gasteiger partial charge in [0.25, 0.3) is 0 Å². The van der Waals surface area contributed by atoms with Crippen molar-refractivity contribution < 1.29 is 18.0 Å². The van der Waals surface area contributed by atoms with Gasteiger partial charge in [-0.15, -0.1) is 0 Å². The molecule has 0 fully saturated rings. The standard InChI is InChI=1S/C10H9F3N2O/c1-6(16)4-14-15-5-7-2-8(11)10(13)9(12)3-7/h2-4,15H,5H2,1H3/b14-4-. The fourth-order valence-corrected chi connectivity index (χ4v) is 0.984. The Labute approximate surface area is 90.0 Å². The Hall–Kier alpha value is -1.85. The van der Waals surface area contributed by atoms with Crippen molar-refractivity contribution in [1.82, 2.24) is 5.43 Å².